The summed E-state index contributed by atoms with van der Waals surface area (Å²) in [5.41, 5.74) is 2.83. The number of methoxy groups -OCH3 is 1. The Morgan fingerprint density at radius 1 is 0.904 bits per heavy atom. The molecule has 2 atom stereocenters. The third-order valence-electron chi connectivity index (χ3n) is 17.0. The zero-order chi connectivity index (χ0) is 50.4. The molecule has 2 aromatic heterocycles. The predicted molar refractivity (Wildman–Crippen MR) is 269 cm³/mol. The van der Waals surface area contributed by atoms with Gasteiger partial charge in [-0.2, -0.15) is 9.97 Å². The minimum absolute atomic E-state index is 0.00481. The third kappa shape index (κ3) is 8.90. The lowest BCUT2D eigenvalue weighted by Gasteiger charge is -2.57. The molecule has 5 saturated heterocycles. The fraction of sp³-hybridized carbons (Fsp3) is 0.527. The second kappa shape index (κ2) is 18.4. The molecular weight excluding hydrogens is 937 g/mol. The summed E-state index contributed by atoms with van der Waals surface area (Å²) in [6.07, 6.45) is 8.27. The number of nitrogens with one attached hydrogen (secondary N) is 1. The highest BCUT2D eigenvalue weighted by molar-refractivity contribution is 6.06. The maximum Gasteiger partial charge on any atom is 0.319 e. The molecule has 8 heterocycles. The van der Waals surface area contributed by atoms with Gasteiger partial charge in [0.2, 0.25) is 11.8 Å². The minimum Gasteiger partial charge on any atom is -0.468 e. The fourth-order valence-corrected chi connectivity index (χ4v) is 12.7. The van der Waals surface area contributed by atoms with Gasteiger partial charge in [-0.25, -0.2) is 8.78 Å². The summed E-state index contributed by atoms with van der Waals surface area (Å²) in [6, 6.07) is 12.5. The van der Waals surface area contributed by atoms with Crippen LogP contribution in [0.4, 0.5) is 20.3 Å². The maximum absolute atomic E-state index is 17.4. The Kier molecular flexibility index (Phi) is 12.1. The van der Waals surface area contributed by atoms with E-state index in [1.807, 2.05) is 24.0 Å². The minimum atomic E-state index is -0.965. The van der Waals surface area contributed by atoms with Crippen LogP contribution in [-0.2, 0) is 27.3 Å². The van der Waals surface area contributed by atoms with Crippen LogP contribution < -0.4 is 24.6 Å². The van der Waals surface area contributed by atoms with E-state index in [2.05, 4.69) is 31.1 Å². The summed E-state index contributed by atoms with van der Waals surface area (Å²) in [4.78, 5) is 63.0. The summed E-state index contributed by atoms with van der Waals surface area (Å²) in [5.74, 6) is -1.01. The summed E-state index contributed by atoms with van der Waals surface area (Å²) in [6.45, 7) is 12.4. The Bertz CT molecular complexity index is 3040. The number of anilines is 2. The number of halogens is 2. The van der Waals surface area contributed by atoms with Gasteiger partial charge < -0.3 is 38.9 Å². The monoisotopic (exact) mass is 999 g/mol. The lowest BCUT2D eigenvalue weighted by molar-refractivity contribution is -0.136. The van der Waals surface area contributed by atoms with E-state index in [0.29, 0.717) is 101 Å². The van der Waals surface area contributed by atoms with Crippen molar-refractivity contribution in [2.24, 2.45) is 10.8 Å². The van der Waals surface area contributed by atoms with Crippen molar-refractivity contribution in [2.75, 3.05) is 89.2 Å². The molecule has 5 aromatic rings. The highest BCUT2D eigenvalue weighted by Crippen LogP contribution is 2.51. The molecule has 0 radical (unpaired) electrons. The number of rotatable bonds is 14. The van der Waals surface area contributed by atoms with Crippen molar-refractivity contribution < 1.29 is 42.5 Å². The number of ether oxygens (including phenoxy) is 3. The molecule has 12 rings (SSSR count). The van der Waals surface area contributed by atoms with Crippen molar-refractivity contribution in [2.45, 2.75) is 95.9 Å². The number of likely N-dealkylation sites (tertiary alicyclic amines) is 2. The van der Waals surface area contributed by atoms with E-state index in [4.69, 9.17) is 24.2 Å². The van der Waals surface area contributed by atoms with Crippen molar-refractivity contribution in [1.29, 1.82) is 0 Å². The molecule has 16 nitrogen and oxygen atoms in total. The van der Waals surface area contributed by atoms with Crippen LogP contribution in [0.15, 0.2) is 48.7 Å². The molecule has 1 aliphatic carbocycles. The highest BCUT2D eigenvalue weighted by Gasteiger charge is 2.52. The number of β-amino-alcohol motifs (C(OH)–C–C–N with tert-alkyl or cyclic N) is 1. The zero-order valence-corrected chi connectivity index (χ0v) is 41.9. The predicted octanol–water partition coefficient (Wildman–Crippen LogP) is 6.23. The molecule has 18 heteroatoms. The van der Waals surface area contributed by atoms with Gasteiger partial charge in [0.1, 0.15) is 34.6 Å². The normalized spacial score (nSPS) is 24.0. The third-order valence-corrected chi connectivity index (χ3v) is 17.0. The van der Waals surface area contributed by atoms with Gasteiger partial charge in [0.05, 0.1) is 17.6 Å². The van der Waals surface area contributed by atoms with Gasteiger partial charge in [-0.3, -0.25) is 29.6 Å². The van der Waals surface area contributed by atoms with Crippen LogP contribution in [0.5, 0.6) is 11.8 Å². The SMILES string of the molecule is CCc1c(F)ccc2cc(OCOC)cc(-c3ncc4c(N5CCC[C@@](C)(O)C5)nc(OCC5(CN6CC7(CCN(C8CN(c9ccc%10c(c9)CN(C9CCC(=O)NC9=O)C%10=O)C8)CC7)C6)CC5)nc4c3F)c12. The molecule has 1 saturated carbocycles. The number of amides is 3. The van der Waals surface area contributed by atoms with E-state index in [-0.39, 0.29) is 53.5 Å². The molecule has 73 heavy (non-hydrogen) atoms. The first-order chi connectivity index (χ1) is 35.2. The van der Waals surface area contributed by atoms with Crippen LogP contribution in [0.1, 0.15) is 86.7 Å². The summed E-state index contributed by atoms with van der Waals surface area (Å²) >= 11 is 0. The summed E-state index contributed by atoms with van der Waals surface area (Å²) in [7, 11) is 1.52. The lowest BCUT2D eigenvalue weighted by Crippen LogP contribution is -2.65. The van der Waals surface area contributed by atoms with Gasteiger partial charge in [0.15, 0.2) is 12.6 Å². The Labute approximate surface area is 423 Å². The molecule has 1 spiro atoms. The number of imide groups is 1. The Hall–Kier alpha value is -6.08. The molecule has 1 unspecified atom stereocenters. The molecule has 3 aromatic carbocycles. The second-order valence-electron chi connectivity index (χ2n) is 22.3. The Morgan fingerprint density at radius 3 is 2.45 bits per heavy atom. The van der Waals surface area contributed by atoms with Crippen molar-refractivity contribution >= 4 is 50.9 Å². The zero-order valence-electron chi connectivity index (χ0n) is 41.9. The number of carbonyl (C=O) groups excluding carboxylic acids is 3. The van der Waals surface area contributed by atoms with Crippen molar-refractivity contribution in [3.05, 3.63) is 77.0 Å². The quantitative estimate of drug-likeness (QED) is 0.0951. The number of carbonyl (C=O) groups is 3. The number of piperidine rings is 3. The van der Waals surface area contributed by atoms with Crippen LogP contribution in [-0.4, -0.2) is 150 Å². The molecule has 6 fully saturated rings. The number of benzene rings is 3. The van der Waals surface area contributed by atoms with E-state index >= 15 is 8.78 Å². The number of hydrogen-bond donors (Lipinski definition) is 2. The van der Waals surface area contributed by atoms with Crippen LogP contribution in [0, 0.1) is 22.5 Å². The van der Waals surface area contributed by atoms with E-state index in [9.17, 15) is 19.5 Å². The molecule has 7 aliphatic rings. The maximum atomic E-state index is 17.4. The smallest absolute Gasteiger partial charge is 0.319 e. The number of aryl methyl sites for hydroxylation is 1. The Balaban J connectivity index is 0.697. The van der Waals surface area contributed by atoms with Crippen LogP contribution in [0.25, 0.3) is 32.9 Å². The first-order valence-electron chi connectivity index (χ1n) is 26.0. The molecular formula is C55H63F2N9O7. The lowest BCUT2D eigenvalue weighted by atomic mass is 9.71. The molecule has 384 valence electrons. The van der Waals surface area contributed by atoms with Gasteiger partial charge >= 0.3 is 6.01 Å². The van der Waals surface area contributed by atoms with Crippen LogP contribution >= 0.6 is 0 Å². The number of aliphatic hydroxyl groups is 1. The van der Waals surface area contributed by atoms with Crippen molar-refractivity contribution in [1.82, 2.24) is 35.0 Å². The van der Waals surface area contributed by atoms with Gasteiger partial charge in [0, 0.05) is 100 Å². The highest BCUT2D eigenvalue weighted by atomic mass is 19.1. The topological polar surface area (TPSA) is 166 Å². The average Bonchev–Trinajstić information content (AvgIpc) is 4.05. The first-order valence-corrected chi connectivity index (χ1v) is 26.0. The molecule has 6 aliphatic heterocycles. The van der Waals surface area contributed by atoms with Gasteiger partial charge in [-0.15, -0.1) is 0 Å². The van der Waals surface area contributed by atoms with Gasteiger partial charge in [-0.1, -0.05) is 13.0 Å². The van der Waals surface area contributed by atoms with Crippen molar-refractivity contribution in [3.8, 4) is 23.0 Å². The van der Waals surface area contributed by atoms with E-state index in [0.717, 1.165) is 89.2 Å². The molecule has 0 bridgehead atoms. The first kappa shape index (κ1) is 47.9. The average molecular weight is 1000 g/mol. The van der Waals surface area contributed by atoms with Gasteiger partial charge in [0.25, 0.3) is 5.91 Å². The van der Waals surface area contributed by atoms with Gasteiger partial charge in [-0.05, 0) is 135 Å². The number of nitrogens with zero attached hydrogens (tertiary/aromatic N) is 8. The van der Waals surface area contributed by atoms with E-state index in [1.165, 1.54) is 13.2 Å². The van der Waals surface area contributed by atoms with Crippen molar-refractivity contribution in [3.63, 3.8) is 0 Å². The number of aromatic nitrogens is 3. The fourth-order valence-electron chi connectivity index (χ4n) is 12.7. The number of hydrogen-bond acceptors (Lipinski definition) is 14. The van der Waals surface area contributed by atoms with E-state index in [1.54, 1.807) is 36.2 Å². The number of pyridine rings is 1. The standard InChI is InChI=1S/C55H63F2N9O7/c1-4-38-42(56)9-6-33-21-37(73-32-71-3)22-40(45(33)38)47-46(57)48-41(23-58-47)49(64-17-5-12-53(2,70)27-64)61-52(60-48)72-31-55(13-14-55)30-62-28-54(29-62)15-18-63(19-16-54)36-25-65(26-36)35-7-8-39-34(20-35)24-66(51(39)69)43-10-11-44(67)59-50(43)68/h6-9,20-23,36,43,70H,4-5,10-19,24-32H2,1-3H3,(H,59,67,68)/t43?,53-/m1/s1. The van der Waals surface area contributed by atoms with Crippen LogP contribution in [0.2, 0.25) is 0 Å². The largest absolute Gasteiger partial charge is 0.468 e. The van der Waals surface area contributed by atoms with E-state index < -0.39 is 23.4 Å². The summed E-state index contributed by atoms with van der Waals surface area (Å²) < 4.78 is 50.3. The molecule has 3 amide bonds. The second-order valence-corrected chi connectivity index (χ2v) is 22.3. The number of fused-ring (bicyclic) bond motifs is 3. The summed E-state index contributed by atoms with van der Waals surface area (Å²) in [5, 5.41) is 15.2. The Morgan fingerprint density at radius 2 is 1.71 bits per heavy atom. The van der Waals surface area contributed by atoms with Crippen LogP contribution in [0.3, 0.4) is 0 Å². The molecule has 2 N–H and O–H groups in total.